The molecule has 94 valence electrons. The summed E-state index contributed by atoms with van der Waals surface area (Å²) in [4.78, 5) is 0. The molecule has 0 amide bonds. The first-order valence-electron chi connectivity index (χ1n) is 6.49. The molecular weight excluding hydrogens is 216 g/mol. The maximum atomic E-state index is 3.90. The van der Waals surface area contributed by atoms with Gasteiger partial charge in [0.25, 0.3) is 0 Å². The largest absolute Gasteiger partial charge is 0.0978 e. The molecule has 0 heteroatoms. The van der Waals surface area contributed by atoms with Crippen molar-refractivity contribution < 1.29 is 0 Å². The van der Waals surface area contributed by atoms with Crippen molar-refractivity contribution in [3.63, 3.8) is 0 Å². The first-order valence-corrected chi connectivity index (χ1v) is 6.49. The normalized spacial score (nSPS) is 9.89. The summed E-state index contributed by atoms with van der Waals surface area (Å²) in [5.74, 6) is 7.47. The van der Waals surface area contributed by atoms with Crippen molar-refractivity contribution in [2.45, 2.75) is 27.7 Å². The van der Waals surface area contributed by atoms with Gasteiger partial charge in [0.15, 0.2) is 0 Å². The second kappa shape index (κ2) is 6.87. The van der Waals surface area contributed by atoms with Crippen LogP contribution in [0.4, 0.5) is 0 Å². The molecule has 0 aliphatic heterocycles. The quantitative estimate of drug-likeness (QED) is 0.522. The van der Waals surface area contributed by atoms with Crippen LogP contribution in [-0.2, 0) is 0 Å². The van der Waals surface area contributed by atoms with Crippen molar-refractivity contribution >= 4 is 0 Å². The van der Waals surface area contributed by atoms with Gasteiger partial charge in [-0.2, -0.15) is 0 Å². The van der Waals surface area contributed by atoms with Crippen LogP contribution in [0.2, 0.25) is 0 Å². The number of benzene rings is 1. The number of hydrogen-bond acceptors (Lipinski definition) is 0. The van der Waals surface area contributed by atoms with Gasteiger partial charge >= 0.3 is 0 Å². The highest BCUT2D eigenvalue weighted by Gasteiger charge is 2.11. The summed E-state index contributed by atoms with van der Waals surface area (Å²) in [7, 11) is 0. The highest BCUT2D eigenvalue weighted by atomic mass is 14.2. The van der Waals surface area contributed by atoms with Gasteiger partial charge in [-0.1, -0.05) is 70.4 Å². The van der Waals surface area contributed by atoms with E-state index in [-0.39, 0.29) is 0 Å². The molecule has 0 nitrogen and oxygen atoms in total. The van der Waals surface area contributed by atoms with Gasteiger partial charge < -0.3 is 0 Å². The highest BCUT2D eigenvalue weighted by molar-refractivity contribution is 5.47. The van der Waals surface area contributed by atoms with E-state index >= 15 is 0 Å². The fourth-order valence-electron chi connectivity index (χ4n) is 2.19. The maximum absolute atomic E-state index is 3.90. The van der Waals surface area contributed by atoms with Gasteiger partial charge in [0.1, 0.15) is 0 Å². The zero-order valence-corrected chi connectivity index (χ0v) is 11.8. The molecule has 0 aliphatic rings. The molecule has 0 atom stereocenters. The van der Waals surface area contributed by atoms with Crippen LogP contribution in [0.1, 0.15) is 33.3 Å². The molecule has 0 spiro atoms. The van der Waals surface area contributed by atoms with E-state index in [0.29, 0.717) is 11.8 Å². The van der Waals surface area contributed by atoms with Crippen LogP contribution in [0, 0.1) is 23.7 Å². The second-order valence-electron chi connectivity index (χ2n) is 5.00. The molecule has 0 N–H and O–H groups in total. The Balaban J connectivity index is 3.15. The minimum atomic E-state index is 0.503. The van der Waals surface area contributed by atoms with Crippen molar-refractivity contribution in [1.29, 1.82) is 0 Å². The Labute approximate surface area is 111 Å². The molecular formula is C18H22. The lowest BCUT2D eigenvalue weighted by Crippen LogP contribution is -2.05. The van der Waals surface area contributed by atoms with E-state index in [9.17, 15) is 0 Å². The molecule has 0 bridgehead atoms. The summed E-state index contributed by atoms with van der Waals surface area (Å²) in [6.07, 6.45) is 1.88. The van der Waals surface area contributed by atoms with E-state index in [1.807, 2.05) is 36.4 Å². The summed E-state index contributed by atoms with van der Waals surface area (Å²) in [6, 6.07) is 10.1. The Morgan fingerprint density at radius 1 is 1.06 bits per heavy atom. The van der Waals surface area contributed by atoms with E-state index in [4.69, 9.17) is 0 Å². The Kier molecular flexibility index (Phi) is 5.46. The number of hydrogen-bond donors (Lipinski definition) is 0. The molecule has 18 heavy (non-hydrogen) atoms. The predicted molar refractivity (Wildman–Crippen MR) is 80.2 cm³/mol. The van der Waals surface area contributed by atoms with E-state index < -0.39 is 0 Å². The van der Waals surface area contributed by atoms with Crippen molar-refractivity contribution in [2.24, 2.45) is 11.8 Å². The van der Waals surface area contributed by atoms with Crippen LogP contribution in [0.3, 0.4) is 0 Å². The Bertz CT molecular complexity index is 466. The van der Waals surface area contributed by atoms with Crippen LogP contribution in [-0.4, -0.2) is 0 Å². The van der Waals surface area contributed by atoms with Gasteiger partial charge in [0, 0.05) is 11.1 Å². The lowest BCUT2D eigenvalue weighted by molar-refractivity contribution is 0.622. The van der Waals surface area contributed by atoms with Crippen LogP contribution < -0.4 is 0 Å². The smallest absolute Gasteiger partial charge is 0.0249 e. The fraction of sp³-hybridized carbons (Fsp3) is 0.333. The van der Waals surface area contributed by atoms with Gasteiger partial charge in [-0.3, -0.25) is 0 Å². The molecule has 0 saturated heterocycles. The zero-order valence-electron chi connectivity index (χ0n) is 11.8. The minimum absolute atomic E-state index is 0.503. The average Bonchev–Trinajstić information content (AvgIpc) is 2.34. The second-order valence-corrected chi connectivity index (χ2v) is 5.00. The summed E-state index contributed by atoms with van der Waals surface area (Å²) < 4.78 is 0. The van der Waals surface area contributed by atoms with Gasteiger partial charge in [-0.15, -0.1) is 0 Å². The van der Waals surface area contributed by atoms with Crippen molar-refractivity contribution in [3.05, 3.63) is 59.7 Å². The first kappa shape index (κ1) is 14.3. The Hall–Kier alpha value is -1.74. The van der Waals surface area contributed by atoms with Gasteiger partial charge in [-0.05, 0) is 29.5 Å². The summed E-state index contributed by atoms with van der Waals surface area (Å²) >= 11 is 0. The Morgan fingerprint density at radius 2 is 1.61 bits per heavy atom. The van der Waals surface area contributed by atoms with Gasteiger partial charge in [0.2, 0.25) is 0 Å². The summed E-state index contributed by atoms with van der Waals surface area (Å²) in [6.45, 7) is 12.7. The van der Waals surface area contributed by atoms with E-state index in [1.54, 1.807) is 0 Å². The maximum Gasteiger partial charge on any atom is 0.0249 e. The highest BCUT2D eigenvalue weighted by Crippen LogP contribution is 2.23. The Morgan fingerprint density at radius 3 is 2.06 bits per heavy atom. The molecule has 0 fully saturated rings. The standard InChI is InChI=1S/C18H22/c1-6-17(18(14(2)3)15(4)5)13-12-16-10-8-7-9-11-16/h6-11,14-15H,1H2,2-5H3. The van der Waals surface area contributed by atoms with Gasteiger partial charge in [-0.25, -0.2) is 0 Å². The molecule has 0 aliphatic carbocycles. The van der Waals surface area contributed by atoms with E-state index in [0.717, 1.165) is 11.1 Å². The molecule has 1 rings (SSSR count). The average molecular weight is 238 g/mol. The van der Waals surface area contributed by atoms with Crippen LogP contribution in [0.5, 0.6) is 0 Å². The van der Waals surface area contributed by atoms with Crippen LogP contribution >= 0.6 is 0 Å². The first-order chi connectivity index (χ1) is 8.56. The number of rotatable bonds is 3. The number of allylic oxidation sites excluding steroid dienone is 3. The molecule has 0 unspecified atom stereocenters. The third-order valence-electron chi connectivity index (χ3n) is 2.87. The molecule has 0 saturated carbocycles. The fourth-order valence-corrected chi connectivity index (χ4v) is 2.19. The summed E-state index contributed by atoms with van der Waals surface area (Å²) in [5, 5.41) is 0. The third kappa shape index (κ3) is 3.93. The lowest BCUT2D eigenvalue weighted by atomic mass is 9.88. The van der Waals surface area contributed by atoms with E-state index in [1.165, 1.54) is 5.57 Å². The van der Waals surface area contributed by atoms with Crippen molar-refractivity contribution in [2.75, 3.05) is 0 Å². The topological polar surface area (TPSA) is 0 Å². The SMILES string of the molecule is C=CC(C#Cc1ccccc1)=C(C(C)C)C(C)C. The van der Waals surface area contributed by atoms with Crippen molar-refractivity contribution in [3.8, 4) is 11.8 Å². The molecule has 0 radical (unpaired) electrons. The van der Waals surface area contributed by atoms with Gasteiger partial charge in [0.05, 0.1) is 0 Å². The third-order valence-corrected chi connectivity index (χ3v) is 2.87. The molecule has 1 aromatic carbocycles. The predicted octanol–water partition coefficient (Wildman–Crippen LogP) is 4.83. The van der Waals surface area contributed by atoms with Crippen LogP contribution in [0.15, 0.2) is 54.1 Å². The molecule has 0 heterocycles. The lowest BCUT2D eigenvalue weighted by Gasteiger charge is -2.17. The van der Waals surface area contributed by atoms with Crippen molar-refractivity contribution in [1.82, 2.24) is 0 Å². The van der Waals surface area contributed by atoms with Crippen LogP contribution in [0.25, 0.3) is 0 Å². The zero-order chi connectivity index (χ0) is 13.5. The molecule has 1 aromatic rings. The summed E-state index contributed by atoms with van der Waals surface area (Å²) in [5.41, 5.74) is 3.50. The molecule has 0 aromatic heterocycles. The monoisotopic (exact) mass is 238 g/mol. The van der Waals surface area contributed by atoms with E-state index in [2.05, 4.69) is 46.1 Å². The minimum Gasteiger partial charge on any atom is -0.0978 e.